The van der Waals surface area contributed by atoms with Gasteiger partial charge in [0.25, 0.3) is 0 Å². The Kier molecular flexibility index (Phi) is 3.08. The summed E-state index contributed by atoms with van der Waals surface area (Å²) in [5.74, 6) is 0. The van der Waals surface area contributed by atoms with Gasteiger partial charge in [-0.05, 0) is 51.2 Å². The van der Waals surface area contributed by atoms with E-state index in [0.717, 1.165) is 12.8 Å². The maximum absolute atomic E-state index is 4.24. The number of allylic oxidation sites excluding steroid dienone is 1. The van der Waals surface area contributed by atoms with E-state index < -0.39 is 0 Å². The summed E-state index contributed by atoms with van der Waals surface area (Å²) in [6.07, 6.45) is 2.20. The van der Waals surface area contributed by atoms with Crippen molar-refractivity contribution < 1.29 is 0 Å². The van der Waals surface area contributed by atoms with Crippen LogP contribution in [0.1, 0.15) is 25.3 Å². The topological polar surface area (TPSA) is 0 Å². The summed E-state index contributed by atoms with van der Waals surface area (Å²) in [7, 11) is 0. The van der Waals surface area contributed by atoms with Crippen LogP contribution in [0.25, 0.3) is 27.1 Å². The van der Waals surface area contributed by atoms with Crippen molar-refractivity contribution >= 4 is 27.1 Å². The minimum atomic E-state index is 1.06. The highest BCUT2D eigenvalue weighted by Crippen LogP contribution is 2.30. The van der Waals surface area contributed by atoms with Crippen molar-refractivity contribution in [3.05, 3.63) is 66.7 Å². The molecule has 0 bridgehead atoms. The number of hydrogen-bond acceptors (Lipinski definition) is 0. The van der Waals surface area contributed by atoms with Crippen molar-refractivity contribution in [3.8, 4) is 0 Å². The van der Waals surface area contributed by atoms with E-state index in [4.69, 9.17) is 0 Å². The molecule has 0 aliphatic heterocycles. The molecule has 0 unspecified atom stereocenters. The van der Waals surface area contributed by atoms with Gasteiger partial charge < -0.3 is 0 Å². The molecular weight excluding hydrogens is 228 g/mol. The van der Waals surface area contributed by atoms with Gasteiger partial charge in [-0.1, -0.05) is 62.4 Å². The van der Waals surface area contributed by atoms with Crippen molar-refractivity contribution in [2.24, 2.45) is 0 Å². The van der Waals surface area contributed by atoms with Crippen LogP contribution in [-0.4, -0.2) is 0 Å². The molecule has 0 aliphatic carbocycles. The minimum Gasteiger partial charge on any atom is -0.0952 e. The zero-order valence-electron chi connectivity index (χ0n) is 11.3. The predicted octanol–water partition coefficient (Wildman–Crippen LogP) is 5.81. The van der Waals surface area contributed by atoms with Crippen LogP contribution in [0.4, 0.5) is 0 Å². The predicted molar refractivity (Wildman–Crippen MR) is 85.4 cm³/mol. The van der Waals surface area contributed by atoms with Crippen LogP contribution in [0.3, 0.4) is 0 Å². The van der Waals surface area contributed by atoms with Gasteiger partial charge in [0.15, 0.2) is 0 Å². The van der Waals surface area contributed by atoms with Crippen LogP contribution in [0, 0.1) is 0 Å². The van der Waals surface area contributed by atoms with Gasteiger partial charge in [0.05, 0.1) is 0 Å². The molecule has 19 heavy (non-hydrogen) atoms. The van der Waals surface area contributed by atoms with Crippen LogP contribution >= 0.6 is 0 Å². The highest BCUT2D eigenvalue weighted by molar-refractivity contribution is 6.02. The molecular formula is C19H18. The van der Waals surface area contributed by atoms with E-state index in [9.17, 15) is 0 Å². The van der Waals surface area contributed by atoms with E-state index in [-0.39, 0.29) is 0 Å². The van der Waals surface area contributed by atoms with Crippen molar-refractivity contribution in [2.45, 2.75) is 19.8 Å². The van der Waals surface area contributed by atoms with E-state index in [1.54, 1.807) is 0 Å². The average molecular weight is 246 g/mol. The second-order valence-corrected chi connectivity index (χ2v) is 5.08. The lowest BCUT2D eigenvalue weighted by Gasteiger charge is -2.10. The van der Waals surface area contributed by atoms with Crippen molar-refractivity contribution in [3.63, 3.8) is 0 Å². The lowest BCUT2D eigenvalue weighted by atomic mass is 9.94. The Hall–Kier alpha value is -2.08. The molecule has 0 heterocycles. The van der Waals surface area contributed by atoms with Crippen LogP contribution in [0.2, 0.25) is 0 Å². The molecule has 0 aliphatic rings. The van der Waals surface area contributed by atoms with Gasteiger partial charge in [0, 0.05) is 0 Å². The van der Waals surface area contributed by atoms with Crippen LogP contribution in [-0.2, 0) is 0 Å². The molecule has 3 aromatic rings. The first-order valence-electron chi connectivity index (χ1n) is 6.89. The molecule has 0 radical (unpaired) electrons. The molecule has 0 atom stereocenters. The standard InChI is InChI=1S/C19H18/c1-3-7-14(2)18-11-6-10-17-12-15-8-4-5-9-16(15)13-19(17)18/h4-6,8-13H,2-3,7H2,1H3. The third kappa shape index (κ3) is 2.15. The zero-order valence-corrected chi connectivity index (χ0v) is 11.3. The third-order valence-corrected chi connectivity index (χ3v) is 3.68. The summed E-state index contributed by atoms with van der Waals surface area (Å²) in [4.78, 5) is 0. The summed E-state index contributed by atoms with van der Waals surface area (Å²) in [6.45, 7) is 6.44. The fourth-order valence-corrected chi connectivity index (χ4v) is 2.71. The van der Waals surface area contributed by atoms with E-state index >= 15 is 0 Å². The Morgan fingerprint density at radius 2 is 1.58 bits per heavy atom. The van der Waals surface area contributed by atoms with E-state index in [2.05, 4.69) is 68.1 Å². The molecule has 3 rings (SSSR count). The molecule has 0 saturated heterocycles. The normalized spacial score (nSPS) is 11.0. The molecule has 0 fully saturated rings. The Morgan fingerprint density at radius 1 is 0.895 bits per heavy atom. The fourth-order valence-electron chi connectivity index (χ4n) is 2.71. The number of benzene rings is 3. The SMILES string of the molecule is C=C(CCC)c1cccc2cc3ccccc3cc12. The smallest absolute Gasteiger partial charge is 0.0102 e. The maximum Gasteiger partial charge on any atom is -0.0102 e. The monoisotopic (exact) mass is 246 g/mol. The molecule has 0 nitrogen and oxygen atoms in total. The Labute approximate surface area is 114 Å². The summed E-state index contributed by atoms with van der Waals surface area (Å²) < 4.78 is 0. The second-order valence-electron chi connectivity index (χ2n) is 5.08. The van der Waals surface area contributed by atoms with Gasteiger partial charge in [-0.25, -0.2) is 0 Å². The summed E-state index contributed by atoms with van der Waals surface area (Å²) in [6, 6.07) is 19.6. The summed E-state index contributed by atoms with van der Waals surface area (Å²) in [5.41, 5.74) is 2.54. The molecule has 0 saturated carbocycles. The Balaban J connectivity index is 2.29. The number of hydrogen-bond donors (Lipinski definition) is 0. The quantitative estimate of drug-likeness (QED) is 0.512. The van der Waals surface area contributed by atoms with Gasteiger partial charge in [-0.15, -0.1) is 0 Å². The van der Waals surface area contributed by atoms with Crippen LogP contribution < -0.4 is 0 Å². The molecule has 0 N–H and O–H groups in total. The third-order valence-electron chi connectivity index (χ3n) is 3.68. The number of fused-ring (bicyclic) bond motifs is 2. The number of rotatable bonds is 3. The van der Waals surface area contributed by atoms with Gasteiger partial charge in [0.2, 0.25) is 0 Å². The highest BCUT2D eigenvalue weighted by Gasteiger charge is 2.05. The lowest BCUT2D eigenvalue weighted by Crippen LogP contribution is -1.86. The molecule has 0 heteroatoms. The van der Waals surface area contributed by atoms with Gasteiger partial charge >= 0.3 is 0 Å². The summed E-state index contributed by atoms with van der Waals surface area (Å²) in [5, 5.41) is 5.22. The van der Waals surface area contributed by atoms with Gasteiger partial charge in [-0.3, -0.25) is 0 Å². The fraction of sp³-hybridized carbons (Fsp3) is 0.158. The zero-order chi connectivity index (χ0) is 13.2. The molecule has 0 aromatic heterocycles. The van der Waals surface area contributed by atoms with E-state index in [0.29, 0.717) is 0 Å². The van der Waals surface area contributed by atoms with E-state index in [1.807, 2.05) is 0 Å². The molecule has 3 aromatic carbocycles. The molecule has 0 spiro atoms. The van der Waals surface area contributed by atoms with Crippen LogP contribution in [0.15, 0.2) is 61.2 Å². The van der Waals surface area contributed by atoms with Crippen molar-refractivity contribution in [1.29, 1.82) is 0 Å². The average Bonchev–Trinajstić information content (AvgIpc) is 2.44. The maximum atomic E-state index is 4.24. The molecule has 0 amide bonds. The van der Waals surface area contributed by atoms with Gasteiger partial charge in [-0.2, -0.15) is 0 Å². The highest BCUT2D eigenvalue weighted by atomic mass is 14.1. The summed E-state index contributed by atoms with van der Waals surface area (Å²) >= 11 is 0. The molecule has 94 valence electrons. The van der Waals surface area contributed by atoms with Crippen molar-refractivity contribution in [2.75, 3.05) is 0 Å². The second kappa shape index (κ2) is 4.89. The Bertz CT molecular complexity index is 750. The largest absolute Gasteiger partial charge is 0.0952 e. The van der Waals surface area contributed by atoms with Crippen molar-refractivity contribution in [1.82, 2.24) is 0 Å². The van der Waals surface area contributed by atoms with Crippen LogP contribution in [0.5, 0.6) is 0 Å². The van der Waals surface area contributed by atoms with Gasteiger partial charge in [0.1, 0.15) is 0 Å². The minimum absolute atomic E-state index is 1.06. The van der Waals surface area contributed by atoms with E-state index in [1.165, 1.54) is 32.7 Å². The first-order valence-corrected chi connectivity index (χ1v) is 6.89. The lowest BCUT2D eigenvalue weighted by molar-refractivity contribution is 0.976. The Morgan fingerprint density at radius 3 is 2.32 bits per heavy atom. The first-order chi connectivity index (χ1) is 9.29. The first kappa shape index (κ1) is 12.0.